The maximum absolute atomic E-state index is 12.9. The molecule has 0 aliphatic heterocycles. The molecule has 0 bridgehead atoms. The molecule has 0 saturated carbocycles. The highest BCUT2D eigenvalue weighted by Crippen LogP contribution is 2.24. The van der Waals surface area contributed by atoms with Crippen molar-refractivity contribution in [2.75, 3.05) is 10.0 Å². The number of sulfonamides is 1. The molecular formula is C24H19ClN4O4S. The number of anilines is 2. The molecule has 0 unspecified atom stereocenters. The molecule has 0 saturated heterocycles. The van der Waals surface area contributed by atoms with Gasteiger partial charge < -0.3 is 10.1 Å². The third kappa shape index (κ3) is 5.89. The van der Waals surface area contributed by atoms with E-state index in [9.17, 15) is 13.2 Å². The van der Waals surface area contributed by atoms with Gasteiger partial charge in [0.1, 0.15) is 6.61 Å². The lowest BCUT2D eigenvalue weighted by atomic mass is 10.2. The second-order valence-electron chi connectivity index (χ2n) is 7.09. The fourth-order valence-electron chi connectivity index (χ4n) is 2.99. The number of amides is 1. The lowest BCUT2D eigenvalue weighted by Gasteiger charge is -2.12. The second-order valence-corrected chi connectivity index (χ2v) is 9.21. The third-order valence-electron chi connectivity index (χ3n) is 4.63. The van der Waals surface area contributed by atoms with Crippen LogP contribution in [0.25, 0.3) is 0 Å². The molecule has 2 aromatic heterocycles. The molecule has 0 aliphatic rings. The largest absolute Gasteiger partial charge is 0.485 e. The molecule has 2 N–H and O–H groups in total. The summed E-state index contributed by atoms with van der Waals surface area (Å²) < 4.78 is 33.8. The molecule has 10 heteroatoms. The number of nitrogens with zero attached hydrogens (tertiary/aromatic N) is 2. The number of aromatic nitrogens is 2. The molecule has 172 valence electrons. The van der Waals surface area contributed by atoms with Crippen molar-refractivity contribution in [2.45, 2.75) is 11.5 Å². The molecule has 0 radical (unpaired) electrons. The highest BCUT2D eigenvalue weighted by molar-refractivity contribution is 7.92. The van der Waals surface area contributed by atoms with Crippen molar-refractivity contribution in [1.82, 2.24) is 9.97 Å². The van der Waals surface area contributed by atoms with Gasteiger partial charge in [-0.25, -0.2) is 13.4 Å². The number of ether oxygens (including phenoxy) is 1. The van der Waals surface area contributed by atoms with Crippen LogP contribution in [0.15, 0.2) is 96.3 Å². The number of carbonyl (C=O) groups excluding carboxylic acids is 1. The average molecular weight is 495 g/mol. The van der Waals surface area contributed by atoms with E-state index in [0.717, 1.165) is 5.56 Å². The lowest BCUT2D eigenvalue weighted by molar-refractivity contribution is 0.102. The molecule has 4 rings (SSSR count). The maximum atomic E-state index is 12.9. The number of carbonyl (C=O) groups is 1. The molecule has 34 heavy (non-hydrogen) atoms. The van der Waals surface area contributed by atoms with Crippen LogP contribution in [0.4, 0.5) is 11.5 Å². The Morgan fingerprint density at radius 1 is 0.941 bits per heavy atom. The van der Waals surface area contributed by atoms with Crippen LogP contribution in [0.5, 0.6) is 5.75 Å². The standard InChI is InChI=1S/C24H19ClN4O4S/c25-19-5-2-6-20(15-19)29-34(31,32)21-7-1-4-18(14-21)24(30)28-23-22(8-3-11-27-23)33-16-17-9-12-26-13-10-17/h1-15,29H,16H2,(H,27,28,30). The van der Waals surface area contributed by atoms with Crippen LogP contribution in [0.3, 0.4) is 0 Å². The van der Waals surface area contributed by atoms with Crippen molar-refractivity contribution in [2.24, 2.45) is 0 Å². The summed E-state index contributed by atoms with van der Waals surface area (Å²) in [6.07, 6.45) is 4.84. The molecule has 0 atom stereocenters. The first kappa shape index (κ1) is 23.2. The van der Waals surface area contributed by atoms with Gasteiger partial charge in [0.25, 0.3) is 15.9 Å². The van der Waals surface area contributed by atoms with Gasteiger partial charge in [0, 0.05) is 29.2 Å². The van der Waals surface area contributed by atoms with Crippen LogP contribution in [-0.4, -0.2) is 24.3 Å². The number of hydrogen-bond donors (Lipinski definition) is 2. The Labute approximate surface area is 201 Å². The minimum atomic E-state index is -3.94. The van der Waals surface area contributed by atoms with Gasteiger partial charge in [0.2, 0.25) is 0 Å². The fourth-order valence-corrected chi connectivity index (χ4v) is 4.28. The van der Waals surface area contributed by atoms with E-state index in [2.05, 4.69) is 20.0 Å². The quantitative estimate of drug-likeness (QED) is 0.365. The molecule has 1 amide bonds. The third-order valence-corrected chi connectivity index (χ3v) is 6.24. The molecule has 0 aliphatic carbocycles. The zero-order valence-electron chi connectivity index (χ0n) is 17.7. The van der Waals surface area contributed by atoms with E-state index in [1.54, 1.807) is 42.7 Å². The van der Waals surface area contributed by atoms with E-state index in [1.807, 2.05) is 12.1 Å². The summed E-state index contributed by atoms with van der Waals surface area (Å²) >= 11 is 5.93. The van der Waals surface area contributed by atoms with E-state index in [0.29, 0.717) is 16.5 Å². The summed E-state index contributed by atoms with van der Waals surface area (Å²) in [4.78, 5) is 20.9. The first-order valence-electron chi connectivity index (χ1n) is 10.1. The monoisotopic (exact) mass is 494 g/mol. The Hall–Kier alpha value is -3.95. The van der Waals surface area contributed by atoms with Gasteiger partial charge in [-0.3, -0.25) is 14.5 Å². The van der Waals surface area contributed by atoms with Crippen LogP contribution in [0, 0.1) is 0 Å². The number of rotatable bonds is 8. The molecule has 2 aromatic carbocycles. The van der Waals surface area contributed by atoms with Crippen molar-refractivity contribution in [3.05, 3.63) is 108 Å². The van der Waals surface area contributed by atoms with Crippen molar-refractivity contribution >= 4 is 39.0 Å². The van der Waals surface area contributed by atoms with Gasteiger partial charge in [-0.1, -0.05) is 23.7 Å². The van der Waals surface area contributed by atoms with Crippen LogP contribution < -0.4 is 14.8 Å². The summed E-state index contributed by atoms with van der Waals surface area (Å²) in [5.41, 5.74) is 1.35. The van der Waals surface area contributed by atoms with Gasteiger partial charge in [0.05, 0.1) is 10.6 Å². The Balaban J connectivity index is 1.50. The fraction of sp³-hybridized carbons (Fsp3) is 0.0417. The zero-order valence-corrected chi connectivity index (χ0v) is 19.3. The first-order valence-corrected chi connectivity index (χ1v) is 11.9. The van der Waals surface area contributed by atoms with E-state index in [-0.39, 0.29) is 22.9 Å². The highest BCUT2D eigenvalue weighted by atomic mass is 35.5. The van der Waals surface area contributed by atoms with Gasteiger partial charge in [-0.05, 0) is 66.2 Å². The van der Waals surface area contributed by atoms with Crippen LogP contribution in [-0.2, 0) is 16.6 Å². The molecule has 0 fully saturated rings. The zero-order chi connectivity index (χ0) is 24.0. The highest BCUT2D eigenvalue weighted by Gasteiger charge is 2.18. The Bertz CT molecular complexity index is 1420. The lowest BCUT2D eigenvalue weighted by Crippen LogP contribution is -2.17. The van der Waals surface area contributed by atoms with E-state index < -0.39 is 15.9 Å². The van der Waals surface area contributed by atoms with Crippen molar-refractivity contribution in [3.63, 3.8) is 0 Å². The van der Waals surface area contributed by atoms with Crippen LogP contribution in [0.1, 0.15) is 15.9 Å². The summed E-state index contributed by atoms with van der Waals surface area (Å²) in [5.74, 6) is 0.0539. The topological polar surface area (TPSA) is 110 Å². The summed E-state index contributed by atoms with van der Waals surface area (Å²) in [6, 6.07) is 19.0. The normalized spacial score (nSPS) is 11.0. The predicted molar refractivity (Wildman–Crippen MR) is 129 cm³/mol. The number of pyridine rings is 2. The second kappa shape index (κ2) is 10.3. The SMILES string of the molecule is O=C(Nc1ncccc1OCc1ccncc1)c1cccc(S(=O)(=O)Nc2cccc(Cl)c2)c1. The van der Waals surface area contributed by atoms with Crippen molar-refractivity contribution < 1.29 is 17.9 Å². The molecular weight excluding hydrogens is 476 g/mol. The summed E-state index contributed by atoms with van der Waals surface area (Å²) in [6.45, 7) is 0.264. The number of nitrogens with one attached hydrogen (secondary N) is 2. The smallest absolute Gasteiger partial charge is 0.261 e. The van der Waals surface area contributed by atoms with E-state index in [4.69, 9.17) is 16.3 Å². The first-order chi connectivity index (χ1) is 16.4. The van der Waals surface area contributed by atoms with E-state index >= 15 is 0 Å². The van der Waals surface area contributed by atoms with Crippen LogP contribution >= 0.6 is 11.6 Å². The van der Waals surface area contributed by atoms with Crippen molar-refractivity contribution in [3.8, 4) is 5.75 Å². The van der Waals surface area contributed by atoms with E-state index in [1.165, 1.54) is 36.5 Å². The molecule has 4 aromatic rings. The molecule has 2 heterocycles. The number of benzene rings is 2. The van der Waals surface area contributed by atoms with Gasteiger partial charge >= 0.3 is 0 Å². The summed E-state index contributed by atoms with van der Waals surface area (Å²) in [7, 11) is -3.94. The predicted octanol–water partition coefficient (Wildman–Crippen LogP) is 4.76. The Morgan fingerprint density at radius 3 is 2.53 bits per heavy atom. The Morgan fingerprint density at radius 2 is 1.74 bits per heavy atom. The minimum absolute atomic E-state index is 0.0738. The Kier molecular flexibility index (Phi) is 7.05. The van der Waals surface area contributed by atoms with Gasteiger partial charge in [-0.15, -0.1) is 0 Å². The number of halogens is 1. The minimum Gasteiger partial charge on any atom is -0.485 e. The van der Waals surface area contributed by atoms with Gasteiger partial charge in [0.15, 0.2) is 11.6 Å². The van der Waals surface area contributed by atoms with Crippen molar-refractivity contribution in [1.29, 1.82) is 0 Å². The van der Waals surface area contributed by atoms with Gasteiger partial charge in [-0.2, -0.15) is 0 Å². The number of hydrogen-bond acceptors (Lipinski definition) is 6. The molecule has 0 spiro atoms. The van der Waals surface area contributed by atoms with Crippen LogP contribution in [0.2, 0.25) is 5.02 Å². The summed E-state index contributed by atoms with van der Waals surface area (Å²) in [5, 5.41) is 3.07. The maximum Gasteiger partial charge on any atom is 0.261 e. The average Bonchev–Trinajstić information content (AvgIpc) is 2.84. The molecule has 8 nitrogen and oxygen atoms in total.